The van der Waals surface area contributed by atoms with E-state index in [2.05, 4.69) is 5.48 Å². The molecule has 0 spiro atoms. The molecule has 1 N–H and O–H groups in total. The minimum atomic E-state index is -0.122. The molecule has 27 heavy (non-hydrogen) atoms. The first-order chi connectivity index (χ1) is 13.2. The summed E-state index contributed by atoms with van der Waals surface area (Å²) in [6.45, 7) is 1.50. The zero-order chi connectivity index (χ0) is 18.9. The molecule has 5 heteroatoms. The van der Waals surface area contributed by atoms with Crippen LogP contribution in [0.1, 0.15) is 24.0 Å². The van der Waals surface area contributed by atoms with Crippen LogP contribution in [0.4, 0.5) is 0 Å². The summed E-state index contributed by atoms with van der Waals surface area (Å²) in [6.07, 6.45) is 4.70. The van der Waals surface area contributed by atoms with Crippen LogP contribution >= 0.6 is 0 Å². The summed E-state index contributed by atoms with van der Waals surface area (Å²) in [5.41, 5.74) is 4.53. The lowest BCUT2D eigenvalue weighted by Gasteiger charge is -2.30. The van der Waals surface area contributed by atoms with E-state index < -0.39 is 0 Å². The van der Waals surface area contributed by atoms with E-state index >= 15 is 0 Å². The van der Waals surface area contributed by atoms with Crippen LogP contribution in [0.5, 0.6) is 0 Å². The van der Waals surface area contributed by atoms with Crippen molar-refractivity contribution in [2.24, 2.45) is 5.92 Å². The first-order valence-electron chi connectivity index (χ1n) is 9.20. The molecule has 1 heterocycles. The number of hydrogen-bond acceptors (Lipinski definition) is 3. The maximum Gasteiger partial charge on any atom is 0.246 e. The number of amides is 2. The van der Waals surface area contributed by atoms with E-state index in [1.165, 1.54) is 0 Å². The fourth-order valence-corrected chi connectivity index (χ4v) is 3.05. The Hall–Kier alpha value is -2.92. The summed E-state index contributed by atoms with van der Waals surface area (Å²) >= 11 is 0. The second kappa shape index (κ2) is 9.69. The second-order valence-corrected chi connectivity index (χ2v) is 6.58. The standard InChI is InChI=1S/C22H24N2O3/c25-21(12-11-18-7-3-1-4-8-18)24-15-13-20(14-16-24)22(26)23-27-17-19-9-5-2-6-10-19/h1-12,20H,13-17H2,(H,23,26)/b12-11+. The molecule has 0 aromatic heterocycles. The highest BCUT2D eigenvalue weighted by molar-refractivity contribution is 5.92. The Morgan fingerprint density at radius 3 is 2.30 bits per heavy atom. The van der Waals surface area contributed by atoms with E-state index in [0.717, 1.165) is 11.1 Å². The van der Waals surface area contributed by atoms with Gasteiger partial charge in [-0.2, -0.15) is 0 Å². The molecule has 0 aliphatic carbocycles. The molecule has 1 fully saturated rings. The van der Waals surface area contributed by atoms with Gasteiger partial charge in [-0.1, -0.05) is 60.7 Å². The van der Waals surface area contributed by atoms with Crippen molar-refractivity contribution in [2.75, 3.05) is 13.1 Å². The molecule has 1 saturated heterocycles. The number of nitrogens with zero attached hydrogens (tertiary/aromatic N) is 1. The molecular weight excluding hydrogens is 340 g/mol. The lowest BCUT2D eigenvalue weighted by Crippen LogP contribution is -2.42. The van der Waals surface area contributed by atoms with E-state index in [1.807, 2.05) is 66.7 Å². The first kappa shape index (κ1) is 18.9. The van der Waals surface area contributed by atoms with Gasteiger partial charge in [-0.3, -0.25) is 14.4 Å². The van der Waals surface area contributed by atoms with Gasteiger partial charge in [0.2, 0.25) is 11.8 Å². The molecule has 140 valence electrons. The summed E-state index contributed by atoms with van der Waals surface area (Å²) in [6, 6.07) is 19.4. The van der Waals surface area contributed by atoms with Crippen LogP contribution in [0.3, 0.4) is 0 Å². The molecule has 0 saturated carbocycles. The van der Waals surface area contributed by atoms with Crippen molar-refractivity contribution in [3.8, 4) is 0 Å². The van der Waals surface area contributed by atoms with Crippen molar-refractivity contribution >= 4 is 17.9 Å². The SMILES string of the molecule is O=C(NOCc1ccccc1)C1CCN(C(=O)/C=C/c2ccccc2)CC1. The Bertz CT molecular complexity index is 767. The molecule has 0 unspecified atom stereocenters. The summed E-state index contributed by atoms with van der Waals surface area (Å²) in [4.78, 5) is 31.6. The van der Waals surface area contributed by atoms with Gasteiger partial charge in [0.15, 0.2) is 0 Å². The van der Waals surface area contributed by atoms with Crippen molar-refractivity contribution in [3.63, 3.8) is 0 Å². The van der Waals surface area contributed by atoms with Gasteiger partial charge in [0.25, 0.3) is 0 Å². The van der Waals surface area contributed by atoms with E-state index in [4.69, 9.17) is 4.84 Å². The Labute approximate surface area is 159 Å². The number of nitrogens with one attached hydrogen (secondary N) is 1. The molecule has 0 atom stereocenters. The summed E-state index contributed by atoms with van der Waals surface area (Å²) in [5.74, 6) is -0.251. The highest BCUT2D eigenvalue weighted by atomic mass is 16.6. The number of carbonyl (C=O) groups excluding carboxylic acids is 2. The van der Waals surface area contributed by atoms with Gasteiger partial charge in [-0.05, 0) is 30.0 Å². The third-order valence-corrected chi connectivity index (χ3v) is 4.65. The van der Waals surface area contributed by atoms with Gasteiger partial charge in [-0.25, -0.2) is 5.48 Å². The maximum atomic E-state index is 12.3. The van der Waals surface area contributed by atoms with Crippen molar-refractivity contribution < 1.29 is 14.4 Å². The van der Waals surface area contributed by atoms with Gasteiger partial charge in [0.05, 0.1) is 6.61 Å². The van der Waals surface area contributed by atoms with E-state index in [9.17, 15) is 9.59 Å². The molecule has 1 aliphatic heterocycles. The quantitative estimate of drug-likeness (QED) is 0.633. The zero-order valence-electron chi connectivity index (χ0n) is 15.2. The predicted molar refractivity (Wildman–Crippen MR) is 104 cm³/mol. The molecular formula is C22H24N2O3. The fourth-order valence-electron chi connectivity index (χ4n) is 3.05. The average molecular weight is 364 g/mol. The highest BCUT2D eigenvalue weighted by Crippen LogP contribution is 2.18. The van der Waals surface area contributed by atoms with E-state index in [1.54, 1.807) is 11.0 Å². The number of hydroxylamine groups is 1. The van der Waals surface area contributed by atoms with Gasteiger partial charge < -0.3 is 4.90 Å². The largest absolute Gasteiger partial charge is 0.339 e. The maximum absolute atomic E-state index is 12.3. The highest BCUT2D eigenvalue weighted by Gasteiger charge is 2.26. The Kier molecular flexibility index (Phi) is 6.77. The van der Waals surface area contributed by atoms with Gasteiger partial charge in [0.1, 0.15) is 0 Å². The summed E-state index contributed by atoms with van der Waals surface area (Å²) in [5, 5.41) is 0. The first-order valence-corrected chi connectivity index (χ1v) is 9.20. The van der Waals surface area contributed by atoms with Crippen molar-refractivity contribution in [2.45, 2.75) is 19.4 Å². The number of piperidine rings is 1. The minimum absolute atomic E-state index is 0.0157. The van der Waals surface area contributed by atoms with Crippen molar-refractivity contribution in [3.05, 3.63) is 77.9 Å². The van der Waals surface area contributed by atoms with E-state index in [0.29, 0.717) is 32.5 Å². The Morgan fingerprint density at radius 1 is 1.00 bits per heavy atom. The molecule has 3 rings (SSSR count). The van der Waals surface area contributed by atoms with Crippen LogP contribution in [-0.2, 0) is 21.0 Å². The topological polar surface area (TPSA) is 58.6 Å². The molecule has 0 bridgehead atoms. The fraction of sp³-hybridized carbons (Fsp3) is 0.273. The lowest BCUT2D eigenvalue weighted by atomic mass is 9.96. The average Bonchev–Trinajstić information content (AvgIpc) is 2.73. The number of hydrogen-bond donors (Lipinski definition) is 1. The van der Waals surface area contributed by atoms with Crippen LogP contribution in [0.2, 0.25) is 0 Å². The van der Waals surface area contributed by atoms with Gasteiger partial charge in [0, 0.05) is 25.1 Å². The molecule has 2 aromatic rings. The number of benzene rings is 2. The van der Waals surface area contributed by atoms with Crippen LogP contribution in [0.25, 0.3) is 6.08 Å². The second-order valence-electron chi connectivity index (χ2n) is 6.58. The zero-order valence-corrected chi connectivity index (χ0v) is 15.2. The Balaban J connectivity index is 1.39. The molecule has 5 nitrogen and oxygen atoms in total. The minimum Gasteiger partial charge on any atom is -0.339 e. The third kappa shape index (κ3) is 5.79. The van der Waals surface area contributed by atoms with Crippen molar-refractivity contribution in [1.29, 1.82) is 0 Å². The normalized spacial score (nSPS) is 15.0. The van der Waals surface area contributed by atoms with Gasteiger partial charge >= 0.3 is 0 Å². The molecule has 1 aliphatic rings. The smallest absolute Gasteiger partial charge is 0.246 e. The monoisotopic (exact) mass is 364 g/mol. The molecule has 0 radical (unpaired) electrons. The number of likely N-dealkylation sites (tertiary alicyclic amines) is 1. The van der Waals surface area contributed by atoms with Crippen molar-refractivity contribution in [1.82, 2.24) is 10.4 Å². The van der Waals surface area contributed by atoms with Crippen LogP contribution < -0.4 is 5.48 Å². The van der Waals surface area contributed by atoms with E-state index in [-0.39, 0.29) is 17.7 Å². The van der Waals surface area contributed by atoms with Crippen LogP contribution in [-0.4, -0.2) is 29.8 Å². The molecule has 2 aromatic carbocycles. The molecule has 2 amide bonds. The predicted octanol–water partition coefficient (Wildman–Crippen LogP) is 3.19. The third-order valence-electron chi connectivity index (χ3n) is 4.65. The van der Waals surface area contributed by atoms with Crippen LogP contribution in [0.15, 0.2) is 66.7 Å². The lowest BCUT2D eigenvalue weighted by molar-refractivity contribution is -0.142. The van der Waals surface area contributed by atoms with Gasteiger partial charge in [-0.15, -0.1) is 0 Å². The summed E-state index contributed by atoms with van der Waals surface area (Å²) < 4.78 is 0. The number of carbonyl (C=O) groups is 2. The summed E-state index contributed by atoms with van der Waals surface area (Å²) in [7, 11) is 0. The Morgan fingerprint density at radius 2 is 1.63 bits per heavy atom. The number of rotatable bonds is 6. The van der Waals surface area contributed by atoms with Crippen LogP contribution in [0, 0.1) is 5.92 Å².